The lowest BCUT2D eigenvalue weighted by atomic mass is 10.0. The van der Waals surface area contributed by atoms with Crippen LogP contribution < -0.4 is 10.6 Å². The summed E-state index contributed by atoms with van der Waals surface area (Å²) in [6.45, 7) is 7.16. The Hall–Kier alpha value is -1.56. The molecule has 6 heteroatoms. The summed E-state index contributed by atoms with van der Waals surface area (Å²) in [5, 5.41) is 9.92. The van der Waals surface area contributed by atoms with Crippen molar-refractivity contribution >= 4 is 11.8 Å². The SMILES string of the molecule is Cc1cc(NC(=O)NCCCN2CCCCC2C)n(C)n1. The van der Waals surface area contributed by atoms with Gasteiger partial charge in [0, 0.05) is 32.2 Å². The number of urea groups is 1. The van der Waals surface area contributed by atoms with Gasteiger partial charge < -0.3 is 10.2 Å². The molecule has 2 N–H and O–H groups in total. The number of carbonyl (C=O) groups excluding carboxylic acids is 1. The Morgan fingerprint density at radius 1 is 1.48 bits per heavy atom. The van der Waals surface area contributed by atoms with Crippen LogP contribution in [0.5, 0.6) is 0 Å². The van der Waals surface area contributed by atoms with Gasteiger partial charge in [-0.3, -0.25) is 10.00 Å². The summed E-state index contributed by atoms with van der Waals surface area (Å²) >= 11 is 0. The number of carbonyl (C=O) groups is 1. The van der Waals surface area contributed by atoms with E-state index in [2.05, 4.69) is 27.6 Å². The molecule has 21 heavy (non-hydrogen) atoms. The quantitative estimate of drug-likeness (QED) is 0.817. The zero-order chi connectivity index (χ0) is 15.2. The molecule has 0 aliphatic carbocycles. The summed E-state index contributed by atoms with van der Waals surface area (Å²) in [4.78, 5) is 14.3. The van der Waals surface area contributed by atoms with Crippen LogP contribution in [0.2, 0.25) is 0 Å². The van der Waals surface area contributed by atoms with E-state index in [1.54, 1.807) is 4.68 Å². The Bertz CT molecular complexity index is 471. The van der Waals surface area contributed by atoms with Crippen LogP contribution in [-0.4, -0.2) is 46.4 Å². The van der Waals surface area contributed by atoms with Gasteiger partial charge in [-0.2, -0.15) is 5.10 Å². The number of nitrogens with one attached hydrogen (secondary N) is 2. The maximum Gasteiger partial charge on any atom is 0.320 e. The third-order valence-corrected chi connectivity index (χ3v) is 4.09. The van der Waals surface area contributed by atoms with E-state index in [0.717, 1.165) is 24.5 Å². The number of amides is 2. The minimum atomic E-state index is -0.162. The highest BCUT2D eigenvalue weighted by Crippen LogP contribution is 2.16. The summed E-state index contributed by atoms with van der Waals surface area (Å²) in [6.07, 6.45) is 4.94. The number of nitrogens with zero attached hydrogens (tertiary/aromatic N) is 3. The topological polar surface area (TPSA) is 62.2 Å². The summed E-state index contributed by atoms with van der Waals surface area (Å²) in [7, 11) is 1.82. The van der Waals surface area contributed by atoms with Gasteiger partial charge in [-0.05, 0) is 39.7 Å². The van der Waals surface area contributed by atoms with Crippen LogP contribution in [0.1, 0.15) is 38.3 Å². The van der Waals surface area contributed by atoms with Gasteiger partial charge in [0.25, 0.3) is 0 Å². The molecule has 1 aromatic heterocycles. The monoisotopic (exact) mass is 293 g/mol. The first kappa shape index (κ1) is 15.8. The lowest BCUT2D eigenvalue weighted by Gasteiger charge is -2.33. The van der Waals surface area contributed by atoms with Gasteiger partial charge in [0.1, 0.15) is 5.82 Å². The first-order valence-corrected chi connectivity index (χ1v) is 7.86. The fourth-order valence-corrected chi connectivity index (χ4v) is 2.86. The number of hydrogen-bond acceptors (Lipinski definition) is 3. The molecule has 1 aliphatic rings. The number of aromatic nitrogens is 2. The Morgan fingerprint density at radius 2 is 2.29 bits per heavy atom. The van der Waals surface area contributed by atoms with E-state index in [4.69, 9.17) is 0 Å². The van der Waals surface area contributed by atoms with E-state index in [1.165, 1.54) is 25.8 Å². The van der Waals surface area contributed by atoms with Gasteiger partial charge in [-0.1, -0.05) is 6.42 Å². The molecule has 0 bridgehead atoms. The van der Waals surface area contributed by atoms with Crippen LogP contribution in [0.25, 0.3) is 0 Å². The van der Waals surface area contributed by atoms with Crippen molar-refractivity contribution in [3.63, 3.8) is 0 Å². The van der Waals surface area contributed by atoms with E-state index in [9.17, 15) is 4.79 Å². The van der Waals surface area contributed by atoms with Gasteiger partial charge in [-0.15, -0.1) is 0 Å². The number of aryl methyl sites for hydroxylation is 2. The van der Waals surface area contributed by atoms with Crippen LogP contribution in [0.3, 0.4) is 0 Å². The van der Waals surface area contributed by atoms with Crippen molar-refractivity contribution in [2.75, 3.05) is 25.0 Å². The second-order valence-electron chi connectivity index (χ2n) is 5.91. The molecule has 2 rings (SSSR count). The normalized spacial score (nSPS) is 19.5. The summed E-state index contributed by atoms with van der Waals surface area (Å²) < 4.78 is 1.67. The minimum Gasteiger partial charge on any atom is -0.338 e. The highest BCUT2D eigenvalue weighted by molar-refractivity contribution is 5.88. The molecule has 0 radical (unpaired) electrons. The zero-order valence-corrected chi connectivity index (χ0v) is 13.4. The summed E-state index contributed by atoms with van der Waals surface area (Å²) in [6, 6.07) is 2.38. The largest absolute Gasteiger partial charge is 0.338 e. The standard InChI is InChI=1S/C15H27N5O/c1-12-11-14(19(3)18-12)17-15(21)16-8-6-10-20-9-5-4-7-13(20)2/h11,13H,4-10H2,1-3H3,(H2,16,17,21). The molecule has 118 valence electrons. The van der Waals surface area contributed by atoms with Crippen molar-refractivity contribution in [2.24, 2.45) is 7.05 Å². The molecule has 1 atom stereocenters. The maximum absolute atomic E-state index is 11.8. The molecule has 0 saturated carbocycles. The average Bonchev–Trinajstić information content (AvgIpc) is 2.75. The number of piperidine rings is 1. The van der Waals surface area contributed by atoms with Crippen molar-refractivity contribution in [3.8, 4) is 0 Å². The van der Waals surface area contributed by atoms with Crippen LogP contribution in [0.4, 0.5) is 10.6 Å². The molecule has 1 aliphatic heterocycles. The van der Waals surface area contributed by atoms with Crippen LogP contribution in [0, 0.1) is 6.92 Å². The van der Waals surface area contributed by atoms with Crippen molar-refractivity contribution in [1.29, 1.82) is 0 Å². The predicted molar refractivity (Wildman–Crippen MR) is 84.5 cm³/mol. The second kappa shape index (κ2) is 7.45. The number of likely N-dealkylation sites (tertiary alicyclic amines) is 1. The Kier molecular flexibility index (Phi) is 5.61. The van der Waals surface area contributed by atoms with Gasteiger partial charge in [0.15, 0.2) is 0 Å². The van der Waals surface area contributed by atoms with E-state index in [1.807, 2.05) is 20.0 Å². The van der Waals surface area contributed by atoms with Crippen molar-refractivity contribution in [3.05, 3.63) is 11.8 Å². The molecule has 2 heterocycles. The molecule has 1 unspecified atom stereocenters. The molecule has 1 aromatic rings. The fourth-order valence-electron chi connectivity index (χ4n) is 2.86. The summed E-state index contributed by atoms with van der Waals surface area (Å²) in [5.41, 5.74) is 0.895. The molecule has 0 spiro atoms. The van der Waals surface area contributed by atoms with Crippen molar-refractivity contribution in [2.45, 2.75) is 45.6 Å². The number of hydrogen-bond donors (Lipinski definition) is 2. The maximum atomic E-state index is 11.8. The van der Waals surface area contributed by atoms with Crippen molar-refractivity contribution in [1.82, 2.24) is 20.0 Å². The first-order chi connectivity index (χ1) is 10.1. The molecule has 6 nitrogen and oxygen atoms in total. The van der Waals surface area contributed by atoms with Gasteiger partial charge in [-0.25, -0.2) is 4.79 Å². The molecule has 0 aromatic carbocycles. The highest BCUT2D eigenvalue weighted by atomic mass is 16.2. The molecule has 1 saturated heterocycles. The third kappa shape index (κ3) is 4.74. The van der Waals surface area contributed by atoms with Gasteiger partial charge in [0.2, 0.25) is 0 Å². The van der Waals surface area contributed by atoms with Crippen molar-refractivity contribution < 1.29 is 4.79 Å². The Labute approximate surface area is 126 Å². The fraction of sp³-hybridized carbons (Fsp3) is 0.733. The Balaban J connectivity index is 1.64. The van der Waals surface area contributed by atoms with E-state index in [0.29, 0.717) is 12.6 Å². The Morgan fingerprint density at radius 3 is 2.95 bits per heavy atom. The first-order valence-electron chi connectivity index (χ1n) is 7.86. The molecular formula is C15H27N5O. The van der Waals surface area contributed by atoms with Gasteiger partial charge in [0.05, 0.1) is 5.69 Å². The average molecular weight is 293 g/mol. The predicted octanol–water partition coefficient (Wildman–Crippen LogP) is 2.11. The summed E-state index contributed by atoms with van der Waals surface area (Å²) in [5.74, 6) is 0.717. The third-order valence-electron chi connectivity index (χ3n) is 4.09. The lowest BCUT2D eigenvalue weighted by molar-refractivity contribution is 0.159. The number of anilines is 1. The minimum absolute atomic E-state index is 0.162. The van der Waals surface area contributed by atoms with Gasteiger partial charge >= 0.3 is 6.03 Å². The van der Waals surface area contributed by atoms with Crippen LogP contribution in [0.15, 0.2) is 6.07 Å². The van der Waals surface area contributed by atoms with Crippen LogP contribution in [-0.2, 0) is 7.05 Å². The van der Waals surface area contributed by atoms with E-state index in [-0.39, 0.29) is 6.03 Å². The lowest BCUT2D eigenvalue weighted by Crippen LogP contribution is -2.39. The smallest absolute Gasteiger partial charge is 0.320 e. The molecular weight excluding hydrogens is 266 g/mol. The van der Waals surface area contributed by atoms with Crippen LogP contribution >= 0.6 is 0 Å². The molecule has 2 amide bonds. The highest BCUT2D eigenvalue weighted by Gasteiger charge is 2.17. The number of rotatable bonds is 5. The van der Waals surface area contributed by atoms with E-state index >= 15 is 0 Å². The molecule has 1 fully saturated rings. The zero-order valence-electron chi connectivity index (χ0n) is 13.4. The second-order valence-corrected chi connectivity index (χ2v) is 5.91. The van der Waals surface area contributed by atoms with E-state index < -0.39 is 0 Å².